The molecule has 0 fully saturated rings. The molecule has 0 atom stereocenters. The van der Waals surface area contributed by atoms with Gasteiger partial charge < -0.3 is 23.7 Å². The summed E-state index contributed by atoms with van der Waals surface area (Å²) < 4.78 is 28.7. The fourth-order valence-electron chi connectivity index (χ4n) is 8.96. The second-order valence-electron chi connectivity index (χ2n) is 20.4. The molecule has 0 bridgehead atoms. The van der Waals surface area contributed by atoms with Gasteiger partial charge in [-0.05, 0) is 157 Å². The van der Waals surface area contributed by atoms with Gasteiger partial charge in [0.1, 0.15) is 28.7 Å². The van der Waals surface area contributed by atoms with Gasteiger partial charge in [-0.2, -0.15) is 0 Å². The van der Waals surface area contributed by atoms with Crippen LogP contribution < -0.4 is 23.7 Å². The number of rotatable bonds is 38. The van der Waals surface area contributed by atoms with Crippen LogP contribution in [0.4, 0.5) is 11.4 Å². The summed E-state index contributed by atoms with van der Waals surface area (Å²) in [5.74, 6) is 1.33. The van der Waals surface area contributed by atoms with Gasteiger partial charge in [-0.25, -0.2) is 14.4 Å². The van der Waals surface area contributed by atoms with Crippen molar-refractivity contribution in [2.75, 3.05) is 13.2 Å². The fourth-order valence-corrected chi connectivity index (χ4v) is 8.96. The lowest BCUT2D eigenvalue weighted by atomic mass is 10.1. The molecule has 0 saturated carbocycles. The zero-order valence-corrected chi connectivity index (χ0v) is 47.1. The van der Waals surface area contributed by atoms with E-state index in [9.17, 15) is 14.4 Å². The number of aliphatic imine (C=N–C) groups is 2. The van der Waals surface area contributed by atoms with Gasteiger partial charge in [-0.1, -0.05) is 167 Å². The molecule has 0 spiro atoms. The number of benzene rings is 6. The van der Waals surface area contributed by atoms with Crippen molar-refractivity contribution in [1.82, 2.24) is 0 Å². The minimum absolute atomic E-state index is 0.392. The standard InChI is InChI=1S/C69H84N2O8/c1-3-5-7-9-11-13-15-17-19-21-23-25-51-75-62-43-33-58(34-44-62)68(73)78-65-47-37-60(38-48-65)70-53-55-27-31-57(32-28-55)67(72)77-64-41-29-56(30-42-64)54-71-61-39-49-66(50-40-61)79-69(74)59-35-45-63(46-36-59)76-52-26-24-22-20-18-16-14-12-10-8-6-4-2/h27-50,53-54H,3-26,51-52H2,1-2H3. The second kappa shape index (κ2) is 36.7. The maximum absolute atomic E-state index is 13.0. The van der Waals surface area contributed by atoms with Crippen molar-refractivity contribution in [2.24, 2.45) is 9.98 Å². The number of unbranched alkanes of at least 4 members (excludes halogenated alkanes) is 22. The molecule has 0 saturated heterocycles. The summed E-state index contributed by atoms with van der Waals surface area (Å²) in [4.78, 5) is 47.7. The quantitative estimate of drug-likeness (QED) is 0.0163. The predicted molar refractivity (Wildman–Crippen MR) is 321 cm³/mol. The number of carbonyl (C=O) groups excluding carboxylic acids is 3. The minimum atomic E-state index is -0.489. The Morgan fingerprint density at radius 2 is 0.544 bits per heavy atom. The van der Waals surface area contributed by atoms with Crippen LogP contribution in [0.15, 0.2) is 156 Å². The Balaban J connectivity index is 0.823. The van der Waals surface area contributed by atoms with Crippen molar-refractivity contribution in [3.8, 4) is 28.7 Å². The molecule has 6 rings (SSSR count). The van der Waals surface area contributed by atoms with Crippen LogP contribution in [0.3, 0.4) is 0 Å². The first-order chi connectivity index (χ1) is 38.8. The Kier molecular flexibility index (Phi) is 28.3. The van der Waals surface area contributed by atoms with Crippen LogP contribution in [0, 0.1) is 0 Å². The summed E-state index contributed by atoms with van der Waals surface area (Å²) in [6.45, 7) is 5.87. The van der Waals surface area contributed by atoms with Gasteiger partial charge in [0.05, 0.1) is 41.3 Å². The van der Waals surface area contributed by atoms with E-state index in [4.69, 9.17) is 23.7 Å². The van der Waals surface area contributed by atoms with E-state index < -0.39 is 17.9 Å². The van der Waals surface area contributed by atoms with Crippen LogP contribution in [0.2, 0.25) is 0 Å². The molecule has 0 N–H and O–H groups in total. The zero-order valence-electron chi connectivity index (χ0n) is 47.1. The third-order valence-electron chi connectivity index (χ3n) is 13.8. The molecular weight excluding hydrogens is 985 g/mol. The lowest BCUT2D eigenvalue weighted by Crippen LogP contribution is -2.08. The smallest absolute Gasteiger partial charge is 0.343 e. The Labute approximate surface area is 471 Å². The Morgan fingerprint density at radius 1 is 0.304 bits per heavy atom. The normalized spacial score (nSPS) is 11.3. The number of hydrogen-bond donors (Lipinski definition) is 0. The summed E-state index contributed by atoms with van der Waals surface area (Å²) in [7, 11) is 0. The van der Waals surface area contributed by atoms with E-state index >= 15 is 0 Å². The Bertz CT molecular complexity index is 2700. The van der Waals surface area contributed by atoms with Crippen molar-refractivity contribution in [3.63, 3.8) is 0 Å². The van der Waals surface area contributed by atoms with E-state index in [1.54, 1.807) is 122 Å². The van der Waals surface area contributed by atoms with Crippen LogP contribution in [-0.2, 0) is 0 Å². The summed E-state index contributed by atoms with van der Waals surface area (Å²) in [5, 5.41) is 0. The van der Waals surface area contributed by atoms with Crippen LogP contribution in [0.5, 0.6) is 28.7 Å². The first-order valence-corrected chi connectivity index (χ1v) is 29.5. The molecule has 0 heterocycles. The third kappa shape index (κ3) is 24.5. The van der Waals surface area contributed by atoms with Gasteiger partial charge in [0, 0.05) is 12.4 Å². The molecule has 0 amide bonds. The van der Waals surface area contributed by atoms with Crippen LogP contribution >= 0.6 is 0 Å². The summed E-state index contributed by atoms with van der Waals surface area (Å²) >= 11 is 0. The molecule has 0 aliphatic rings. The van der Waals surface area contributed by atoms with E-state index in [-0.39, 0.29) is 0 Å². The minimum Gasteiger partial charge on any atom is -0.494 e. The van der Waals surface area contributed by atoms with E-state index in [2.05, 4.69) is 23.8 Å². The highest BCUT2D eigenvalue weighted by Gasteiger charge is 2.12. The SMILES string of the molecule is CCCCCCCCCCCCCCOc1ccc(C(=O)Oc2ccc(N=Cc3ccc(OC(=O)c4ccc(C=Nc5ccc(OC(=O)c6ccc(OCCCCCCCCCCCCCC)cc6)cc5)cc4)cc3)cc2)cc1. The van der Waals surface area contributed by atoms with Gasteiger partial charge in [-0.3, -0.25) is 9.98 Å². The Morgan fingerprint density at radius 3 is 0.848 bits per heavy atom. The van der Waals surface area contributed by atoms with Gasteiger partial charge in [0.2, 0.25) is 0 Å². The van der Waals surface area contributed by atoms with Gasteiger partial charge in [-0.15, -0.1) is 0 Å². The molecule has 10 heteroatoms. The van der Waals surface area contributed by atoms with E-state index in [0.29, 0.717) is 58.5 Å². The molecule has 418 valence electrons. The fraction of sp³-hybridized carbons (Fsp3) is 0.406. The maximum atomic E-state index is 13.0. The van der Waals surface area contributed by atoms with Crippen LogP contribution in [0.1, 0.15) is 210 Å². The molecule has 79 heavy (non-hydrogen) atoms. The van der Waals surface area contributed by atoms with E-state index in [1.165, 1.54) is 141 Å². The molecule has 6 aromatic rings. The number of esters is 3. The summed E-state index contributed by atoms with van der Waals surface area (Å²) in [6.07, 6.45) is 34.7. The Hall–Kier alpha value is -7.33. The molecule has 0 radical (unpaired) electrons. The van der Waals surface area contributed by atoms with Crippen molar-refractivity contribution >= 4 is 41.7 Å². The molecule has 0 aliphatic carbocycles. The van der Waals surface area contributed by atoms with Gasteiger partial charge in [0.25, 0.3) is 0 Å². The molecule has 0 aromatic heterocycles. The summed E-state index contributed by atoms with van der Waals surface area (Å²) in [6, 6.07) is 42.0. The second-order valence-corrected chi connectivity index (χ2v) is 20.4. The highest BCUT2D eigenvalue weighted by atomic mass is 16.5. The average molecular weight is 1070 g/mol. The predicted octanol–water partition coefficient (Wildman–Crippen LogP) is 19.0. The highest BCUT2D eigenvalue weighted by molar-refractivity contribution is 5.93. The topological polar surface area (TPSA) is 122 Å². The number of hydrogen-bond acceptors (Lipinski definition) is 10. The maximum Gasteiger partial charge on any atom is 0.343 e. The number of ether oxygens (including phenoxy) is 5. The molecule has 0 aliphatic heterocycles. The highest BCUT2D eigenvalue weighted by Crippen LogP contribution is 2.24. The van der Waals surface area contributed by atoms with E-state index in [1.807, 2.05) is 36.4 Å². The van der Waals surface area contributed by atoms with E-state index in [0.717, 1.165) is 35.5 Å². The van der Waals surface area contributed by atoms with Crippen LogP contribution in [-0.4, -0.2) is 43.6 Å². The van der Waals surface area contributed by atoms with Crippen molar-refractivity contribution in [3.05, 3.63) is 173 Å². The largest absolute Gasteiger partial charge is 0.494 e. The lowest BCUT2D eigenvalue weighted by molar-refractivity contribution is 0.0725. The first-order valence-electron chi connectivity index (χ1n) is 29.5. The third-order valence-corrected chi connectivity index (χ3v) is 13.8. The van der Waals surface area contributed by atoms with Crippen molar-refractivity contribution in [2.45, 2.75) is 168 Å². The first kappa shape index (κ1) is 60.9. The molecule has 10 nitrogen and oxygen atoms in total. The number of nitrogens with zero attached hydrogens (tertiary/aromatic N) is 2. The van der Waals surface area contributed by atoms with Crippen LogP contribution in [0.25, 0.3) is 0 Å². The van der Waals surface area contributed by atoms with Gasteiger partial charge in [0.15, 0.2) is 0 Å². The molecule has 0 unspecified atom stereocenters. The average Bonchev–Trinajstić information content (AvgIpc) is 3.48. The summed E-state index contributed by atoms with van der Waals surface area (Å²) in [5.41, 5.74) is 4.23. The number of carbonyl (C=O) groups is 3. The molecular formula is C69H84N2O8. The lowest BCUT2D eigenvalue weighted by Gasteiger charge is -2.08. The zero-order chi connectivity index (χ0) is 55.4. The van der Waals surface area contributed by atoms with Gasteiger partial charge >= 0.3 is 17.9 Å². The van der Waals surface area contributed by atoms with Crippen molar-refractivity contribution < 1.29 is 38.1 Å². The van der Waals surface area contributed by atoms with Crippen molar-refractivity contribution in [1.29, 1.82) is 0 Å². The monoisotopic (exact) mass is 1070 g/mol. The molecule has 6 aromatic carbocycles.